The highest BCUT2D eigenvalue weighted by molar-refractivity contribution is 7.16. The van der Waals surface area contributed by atoms with Crippen LogP contribution in [0.2, 0.25) is 5.28 Å². The van der Waals surface area contributed by atoms with Gasteiger partial charge in [0.15, 0.2) is 0 Å². The van der Waals surface area contributed by atoms with Gasteiger partial charge in [-0.2, -0.15) is 4.98 Å². The van der Waals surface area contributed by atoms with Gasteiger partial charge >= 0.3 is 0 Å². The van der Waals surface area contributed by atoms with Crippen LogP contribution in [0.5, 0.6) is 5.88 Å². The number of hydrogen-bond acceptors (Lipinski definition) is 5. The summed E-state index contributed by atoms with van der Waals surface area (Å²) in [6.07, 6.45) is 0.880. The first-order valence-electron chi connectivity index (χ1n) is 5.39. The molecule has 0 saturated heterocycles. The van der Waals surface area contributed by atoms with Crippen LogP contribution in [0.4, 0.5) is 0 Å². The summed E-state index contributed by atoms with van der Waals surface area (Å²) >= 11 is 9.13. The van der Waals surface area contributed by atoms with Crippen molar-refractivity contribution in [1.29, 1.82) is 0 Å². The van der Waals surface area contributed by atoms with Gasteiger partial charge in [0.05, 0.1) is 12.0 Å². The molecule has 0 spiro atoms. The second kappa shape index (κ2) is 5.22. The molecule has 3 heterocycles. The van der Waals surface area contributed by atoms with E-state index < -0.39 is 0 Å². The van der Waals surface area contributed by atoms with Crippen molar-refractivity contribution in [1.82, 2.24) is 9.97 Å². The molecule has 6 heteroatoms. The van der Waals surface area contributed by atoms with Crippen LogP contribution >= 0.6 is 34.3 Å². The molecule has 3 aromatic heterocycles. The summed E-state index contributed by atoms with van der Waals surface area (Å²) in [4.78, 5) is 10.4. The monoisotopic (exact) mass is 296 g/mol. The first kappa shape index (κ1) is 11.9. The van der Waals surface area contributed by atoms with E-state index in [1.807, 2.05) is 17.5 Å². The van der Waals surface area contributed by atoms with Gasteiger partial charge in [0.1, 0.15) is 4.83 Å². The van der Waals surface area contributed by atoms with Gasteiger partial charge in [-0.1, -0.05) is 6.07 Å². The zero-order valence-electron chi connectivity index (χ0n) is 9.30. The summed E-state index contributed by atoms with van der Waals surface area (Å²) in [6.45, 7) is 0.596. The number of ether oxygens (including phenoxy) is 1. The molecule has 3 aromatic rings. The van der Waals surface area contributed by atoms with Crippen molar-refractivity contribution in [2.24, 2.45) is 0 Å². The lowest BCUT2D eigenvalue weighted by molar-refractivity contribution is 0.314. The van der Waals surface area contributed by atoms with E-state index >= 15 is 0 Å². The molecular weight excluding hydrogens is 288 g/mol. The molecule has 0 radical (unpaired) electrons. The minimum Gasteiger partial charge on any atom is -0.477 e. The molecule has 0 bridgehead atoms. The minimum absolute atomic E-state index is 0.232. The highest BCUT2D eigenvalue weighted by Gasteiger charge is 2.08. The number of fused-ring (bicyclic) bond motifs is 1. The fraction of sp³-hybridized carbons (Fsp3) is 0.167. The Bertz CT molecular complexity index is 651. The van der Waals surface area contributed by atoms with Crippen molar-refractivity contribution < 1.29 is 4.74 Å². The summed E-state index contributed by atoms with van der Waals surface area (Å²) in [7, 11) is 0. The van der Waals surface area contributed by atoms with Crippen LogP contribution in [0.1, 0.15) is 4.88 Å². The molecule has 0 saturated carbocycles. The van der Waals surface area contributed by atoms with Gasteiger partial charge in [0.2, 0.25) is 11.2 Å². The van der Waals surface area contributed by atoms with Gasteiger partial charge in [-0.15, -0.1) is 22.7 Å². The summed E-state index contributed by atoms with van der Waals surface area (Å²) in [5.74, 6) is 0.572. The highest BCUT2D eigenvalue weighted by atomic mass is 35.5. The average molecular weight is 297 g/mol. The third-order valence-electron chi connectivity index (χ3n) is 2.43. The number of halogens is 1. The van der Waals surface area contributed by atoms with Crippen LogP contribution in [-0.4, -0.2) is 16.6 Å². The Hall–Kier alpha value is -1.17. The molecule has 0 N–H and O–H groups in total. The number of hydrogen-bond donors (Lipinski definition) is 0. The highest BCUT2D eigenvalue weighted by Crippen LogP contribution is 2.28. The Kier molecular flexibility index (Phi) is 3.45. The maximum absolute atomic E-state index is 5.87. The molecule has 0 fully saturated rings. The molecule has 3 nitrogen and oxygen atoms in total. The zero-order chi connectivity index (χ0) is 12.4. The Morgan fingerprint density at radius 1 is 1.17 bits per heavy atom. The maximum Gasteiger partial charge on any atom is 0.227 e. The quantitative estimate of drug-likeness (QED) is 0.682. The minimum atomic E-state index is 0.232. The molecule has 92 valence electrons. The smallest absolute Gasteiger partial charge is 0.227 e. The molecule has 3 rings (SSSR count). The fourth-order valence-corrected chi connectivity index (χ4v) is 3.27. The third kappa shape index (κ3) is 2.48. The lowest BCUT2D eigenvalue weighted by atomic mass is 10.3. The van der Waals surface area contributed by atoms with Crippen LogP contribution < -0.4 is 4.74 Å². The second-order valence-electron chi connectivity index (χ2n) is 3.62. The van der Waals surface area contributed by atoms with Gasteiger partial charge in [-0.05, 0) is 34.5 Å². The fourth-order valence-electron chi connectivity index (χ4n) is 1.62. The number of rotatable bonds is 4. The zero-order valence-corrected chi connectivity index (χ0v) is 11.7. The van der Waals surface area contributed by atoms with E-state index in [0.29, 0.717) is 12.5 Å². The van der Waals surface area contributed by atoms with Gasteiger partial charge in [0.25, 0.3) is 0 Å². The van der Waals surface area contributed by atoms with Crippen molar-refractivity contribution in [3.8, 4) is 5.88 Å². The molecule has 0 aliphatic heterocycles. The third-order valence-corrected chi connectivity index (χ3v) is 4.34. The van der Waals surface area contributed by atoms with Gasteiger partial charge in [0, 0.05) is 11.3 Å². The summed E-state index contributed by atoms with van der Waals surface area (Å²) in [5.41, 5.74) is 0. The van der Waals surface area contributed by atoms with Crippen LogP contribution in [-0.2, 0) is 6.42 Å². The summed E-state index contributed by atoms with van der Waals surface area (Å²) in [5, 5.41) is 5.18. The van der Waals surface area contributed by atoms with E-state index in [1.54, 1.807) is 11.3 Å². The van der Waals surface area contributed by atoms with E-state index in [4.69, 9.17) is 16.3 Å². The molecular formula is C12H9ClN2OS2. The topological polar surface area (TPSA) is 35.0 Å². The van der Waals surface area contributed by atoms with Crippen molar-refractivity contribution in [3.63, 3.8) is 0 Å². The average Bonchev–Trinajstić information content (AvgIpc) is 2.98. The number of thiophene rings is 2. The van der Waals surface area contributed by atoms with Gasteiger partial charge in [-0.3, -0.25) is 0 Å². The Morgan fingerprint density at radius 2 is 2.11 bits per heavy atom. The standard InChI is InChI=1S/C12H9ClN2OS2/c13-12-14-10(9-4-7-18-11(9)15-12)16-5-3-8-2-1-6-17-8/h1-2,4,6-7H,3,5H2. The lowest BCUT2D eigenvalue weighted by Gasteiger charge is -2.05. The maximum atomic E-state index is 5.87. The Balaban J connectivity index is 1.75. The van der Waals surface area contributed by atoms with Crippen LogP contribution in [0.3, 0.4) is 0 Å². The van der Waals surface area contributed by atoms with E-state index in [1.165, 1.54) is 16.2 Å². The van der Waals surface area contributed by atoms with E-state index in [2.05, 4.69) is 21.4 Å². The molecule has 0 aliphatic rings. The van der Waals surface area contributed by atoms with Crippen molar-refractivity contribution in [2.45, 2.75) is 6.42 Å². The molecule has 0 aliphatic carbocycles. The van der Waals surface area contributed by atoms with E-state index in [0.717, 1.165) is 16.6 Å². The van der Waals surface area contributed by atoms with Crippen molar-refractivity contribution in [3.05, 3.63) is 39.1 Å². The van der Waals surface area contributed by atoms with Crippen LogP contribution in [0.15, 0.2) is 29.0 Å². The van der Waals surface area contributed by atoms with E-state index in [-0.39, 0.29) is 5.28 Å². The van der Waals surface area contributed by atoms with Gasteiger partial charge in [-0.25, -0.2) is 4.98 Å². The predicted octanol–water partition coefficient (Wildman–Crippen LogP) is 4.03. The van der Waals surface area contributed by atoms with Crippen LogP contribution in [0.25, 0.3) is 10.2 Å². The molecule has 18 heavy (non-hydrogen) atoms. The number of nitrogens with zero attached hydrogens (tertiary/aromatic N) is 2. The van der Waals surface area contributed by atoms with Crippen molar-refractivity contribution >= 4 is 44.5 Å². The summed E-state index contributed by atoms with van der Waals surface area (Å²) in [6, 6.07) is 6.09. The van der Waals surface area contributed by atoms with Crippen LogP contribution in [0, 0.1) is 0 Å². The lowest BCUT2D eigenvalue weighted by Crippen LogP contribution is -2.02. The van der Waals surface area contributed by atoms with E-state index in [9.17, 15) is 0 Å². The first-order valence-corrected chi connectivity index (χ1v) is 7.52. The Labute approximate surface area is 117 Å². The predicted molar refractivity (Wildman–Crippen MR) is 75.9 cm³/mol. The SMILES string of the molecule is Clc1nc(OCCc2cccs2)c2ccsc2n1. The van der Waals surface area contributed by atoms with Gasteiger partial charge < -0.3 is 4.74 Å². The molecule has 0 unspecified atom stereocenters. The second-order valence-corrected chi connectivity index (χ2v) is 5.88. The molecule has 0 aromatic carbocycles. The van der Waals surface area contributed by atoms with Crippen molar-refractivity contribution in [2.75, 3.05) is 6.61 Å². The Morgan fingerprint density at radius 3 is 2.94 bits per heavy atom. The largest absolute Gasteiger partial charge is 0.477 e. The molecule has 0 amide bonds. The number of aromatic nitrogens is 2. The summed E-state index contributed by atoms with van der Waals surface area (Å²) < 4.78 is 5.71. The normalized spacial score (nSPS) is 10.9. The first-order chi connectivity index (χ1) is 8.83. The molecule has 0 atom stereocenters.